The van der Waals surface area contributed by atoms with Crippen LogP contribution in [-0.2, 0) is 16.4 Å². The summed E-state index contributed by atoms with van der Waals surface area (Å²) in [6, 6.07) is 9.90. The number of fused-ring (bicyclic) bond motifs is 1. The third kappa shape index (κ3) is 2.36. The van der Waals surface area contributed by atoms with E-state index in [1.807, 2.05) is 13.0 Å². The molecular weight excluding hydrogens is 308 g/mol. The van der Waals surface area contributed by atoms with Crippen molar-refractivity contribution in [1.29, 1.82) is 0 Å². The average Bonchev–Trinajstić information content (AvgIpc) is 2.83. The van der Waals surface area contributed by atoms with Crippen molar-refractivity contribution in [2.75, 3.05) is 16.6 Å². The molecule has 2 N–H and O–H groups in total. The number of sulfonamides is 1. The average molecular weight is 323 g/mol. The van der Waals surface area contributed by atoms with E-state index in [4.69, 9.17) is 17.3 Å². The van der Waals surface area contributed by atoms with Crippen LogP contribution in [0.3, 0.4) is 0 Å². The molecule has 2 aromatic carbocycles. The van der Waals surface area contributed by atoms with E-state index in [2.05, 4.69) is 0 Å². The molecular formula is C15H15ClN2O2S. The lowest BCUT2D eigenvalue weighted by Crippen LogP contribution is -2.29. The van der Waals surface area contributed by atoms with E-state index in [-0.39, 0.29) is 4.90 Å². The first-order valence-electron chi connectivity index (χ1n) is 6.57. The van der Waals surface area contributed by atoms with Gasteiger partial charge in [-0.05, 0) is 54.8 Å². The summed E-state index contributed by atoms with van der Waals surface area (Å²) in [5.74, 6) is 0. The molecule has 1 aliphatic heterocycles. The van der Waals surface area contributed by atoms with Crippen molar-refractivity contribution in [2.24, 2.45) is 0 Å². The highest BCUT2D eigenvalue weighted by Crippen LogP contribution is 2.35. The van der Waals surface area contributed by atoms with Gasteiger partial charge in [-0.15, -0.1) is 0 Å². The molecule has 1 aliphatic rings. The Balaban J connectivity index is 2.07. The molecule has 0 unspecified atom stereocenters. The van der Waals surface area contributed by atoms with Gasteiger partial charge in [-0.1, -0.05) is 17.7 Å². The van der Waals surface area contributed by atoms with Gasteiger partial charge >= 0.3 is 0 Å². The molecule has 0 saturated heterocycles. The number of aryl methyl sites for hydroxylation is 1. The van der Waals surface area contributed by atoms with Gasteiger partial charge in [0, 0.05) is 17.3 Å². The van der Waals surface area contributed by atoms with Gasteiger partial charge < -0.3 is 5.73 Å². The molecule has 0 spiro atoms. The van der Waals surface area contributed by atoms with Gasteiger partial charge in [0.1, 0.15) is 0 Å². The summed E-state index contributed by atoms with van der Waals surface area (Å²) in [6.07, 6.45) is 0.698. The molecule has 0 amide bonds. The van der Waals surface area contributed by atoms with Crippen molar-refractivity contribution in [1.82, 2.24) is 0 Å². The predicted octanol–water partition coefficient (Wildman–Crippen LogP) is 2.98. The van der Waals surface area contributed by atoms with E-state index in [1.165, 1.54) is 16.4 Å². The summed E-state index contributed by atoms with van der Waals surface area (Å²) in [7, 11) is -3.58. The fourth-order valence-electron chi connectivity index (χ4n) is 2.53. The molecule has 0 radical (unpaired) electrons. The van der Waals surface area contributed by atoms with Gasteiger partial charge in [0.25, 0.3) is 10.0 Å². The maximum atomic E-state index is 12.7. The van der Waals surface area contributed by atoms with Crippen LogP contribution in [0.2, 0.25) is 5.02 Å². The number of benzene rings is 2. The Kier molecular flexibility index (Phi) is 3.34. The van der Waals surface area contributed by atoms with Crippen LogP contribution in [0.15, 0.2) is 41.3 Å². The van der Waals surface area contributed by atoms with Crippen LogP contribution < -0.4 is 10.0 Å². The lowest BCUT2D eigenvalue weighted by Gasteiger charge is -2.20. The minimum Gasteiger partial charge on any atom is -0.398 e. The second-order valence-corrected chi connectivity index (χ2v) is 7.42. The van der Waals surface area contributed by atoms with Crippen molar-refractivity contribution in [3.63, 3.8) is 0 Å². The maximum absolute atomic E-state index is 12.7. The molecule has 4 nitrogen and oxygen atoms in total. The zero-order chi connectivity index (χ0) is 15.2. The minimum absolute atomic E-state index is 0.235. The second-order valence-electron chi connectivity index (χ2n) is 5.12. The minimum atomic E-state index is -3.58. The summed E-state index contributed by atoms with van der Waals surface area (Å²) in [6.45, 7) is 2.36. The largest absolute Gasteiger partial charge is 0.398 e. The third-order valence-corrected chi connectivity index (χ3v) is 5.80. The normalized spacial score (nSPS) is 14.3. The van der Waals surface area contributed by atoms with Crippen LogP contribution in [0.5, 0.6) is 0 Å². The fourth-order valence-corrected chi connectivity index (χ4v) is 4.15. The molecule has 6 heteroatoms. The first-order chi connectivity index (χ1) is 9.89. The van der Waals surface area contributed by atoms with E-state index in [0.29, 0.717) is 29.4 Å². The molecule has 1 heterocycles. The second kappa shape index (κ2) is 4.93. The molecule has 0 fully saturated rings. The van der Waals surface area contributed by atoms with Crippen molar-refractivity contribution < 1.29 is 8.42 Å². The maximum Gasteiger partial charge on any atom is 0.264 e. The smallest absolute Gasteiger partial charge is 0.264 e. The van der Waals surface area contributed by atoms with Gasteiger partial charge in [0.05, 0.1) is 10.6 Å². The summed E-state index contributed by atoms with van der Waals surface area (Å²) in [4.78, 5) is 0.235. The molecule has 0 aliphatic carbocycles. The Labute approximate surface area is 129 Å². The fraction of sp³-hybridized carbons (Fsp3) is 0.200. The predicted molar refractivity (Wildman–Crippen MR) is 85.3 cm³/mol. The summed E-state index contributed by atoms with van der Waals surface area (Å²) in [5.41, 5.74) is 9.18. The molecule has 2 aromatic rings. The molecule has 0 bridgehead atoms. The topological polar surface area (TPSA) is 63.4 Å². The lowest BCUT2D eigenvalue weighted by molar-refractivity contribution is 0.592. The van der Waals surface area contributed by atoms with Crippen LogP contribution in [0, 0.1) is 6.92 Å². The first kappa shape index (κ1) is 14.2. The van der Waals surface area contributed by atoms with Gasteiger partial charge in [-0.2, -0.15) is 0 Å². The van der Waals surface area contributed by atoms with Gasteiger partial charge in [-0.3, -0.25) is 4.31 Å². The quantitative estimate of drug-likeness (QED) is 0.864. The Hall–Kier alpha value is -1.72. The van der Waals surface area contributed by atoms with Crippen molar-refractivity contribution in [3.05, 3.63) is 52.5 Å². The Morgan fingerprint density at radius 3 is 2.52 bits per heavy atom. The van der Waals surface area contributed by atoms with Crippen LogP contribution in [0.1, 0.15) is 11.1 Å². The van der Waals surface area contributed by atoms with Crippen molar-refractivity contribution in [3.8, 4) is 0 Å². The molecule has 0 aromatic heterocycles. The number of hydrogen-bond donors (Lipinski definition) is 1. The number of nitrogens with zero attached hydrogens (tertiary/aromatic N) is 1. The summed E-state index contributed by atoms with van der Waals surface area (Å²) in [5, 5.41) is 0.510. The SMILES string of the molecule is Cc1cc2c(cc1N)N(S(=O)(=O)c1ccc(Cl)cc1)CC2. The number of nitrogens with two attached hydrogens (primary N) is 1. The summed E-state index contributed by atoms with van der Waals surface area (Å²) < 4.78 is 26.9. The summed E-state index contributed by atoms with van der Waals surface area (Å²) >= 11 is 5.82. The van der Waals surface area contributed by atoms with Gasteiger partial charge in [0.2, 0.25) is 0 Å². The van der Waals surface area contributed by atoms with Gasteiger partial charge in [0.15, 0.2) is 0 Å². The highest BCUT2D eigenvalue weighted by atomic mass is 35.5. The van der Waals surface area contributed by atoms with E-state index in [1.54, 1.807) is 18.2 Å². The number of halogens is 1. The Morgan fingerprint density at radius 2 is 1.86 bits per heavy atom. The Bertz CT molecular complexity index is 801. The molecule has 0 saturated carbocycles. The third-order valence-electron chi connectivity index (χ3n) is 3.72. The Morgan fingerprint density at radius 1 is 1.19 bits per heavy atom. The standard InChI is InChI=1S/C15H15ClN2O2S/c1-10-8-11-6-7-18(15(11)9-14(10)17)21(19,20)13-4-2-12(16)3-5-13/h2-5,8-9H,6-7,17H2,1H3. The zero-order valence-electron chi connectivity index (χ0n) is 11.5. The first-order valence-corrected chi connectivity index (χ1v) is 8.39. The lowest BCUT2D eigenvalue weighted by atomic mass is 10.1. The van der Waals surface area contributed by atoms with Crippen LogP contribution in [0.25, 0.3) is 0 Å². The number of rotatable bonds is 2. The van der Waals surface area contributed by atoms with E-state index in [9.17, 15) is 8.42 Å². The number of hydrogen-bond acceptors (Lipinski definition) is 3. The molecule has 21 heavy (non-hydrogen) atoms. The van der Waals surface area contributed by atoms with Gasteiger partial charge in [-0.25, -0.2) is 8.42 Å². The van der Waals surface area contributed by atoms with Crippen LogP contribution in [-0.4, -0.2) is 15.0 Å². The monoisotopic (exact) mass is 322 g/mol. The molecule has 3 rings (SSSR count). The van der Waals surface area contributed by atoms with Crippen LogP contribution in [0.4, 0.5) is 11.4 Å². The van der Waals surface area contributed by atoms with E-state index >= 15 is 0 Å². The number of anilines is 2. The zero-order valence-corrected chi connectivity index (χ0v) is 13.1. The van der Waals surface area contributed by atoms with E-state index < -0.39 is 10.0 Å². The van der Waals surface area contributed by atoms with Crippen molar-refractivity contribution in [2.45, 2.75) is 18.2 Å². The molecule has 110 valence electrons. The highest BCUT2D eigenvalue weighted by Gasteiger charge is 2.31. The van der Waals surface area contributed by atoms with Crippen molar-refractivity contribution >= 4 is 33.0 Å². The number of nitrogen functional groups attached to an aromatic ring is 1. The van der Waals surface area contributed by atoms with E-state index in [0.717, 1.165) is 11.1 Å². The molecule has 0 atom stereocenters. The highest BCUT2D eigenvalue weighted by molar-refractivity contribution is 7.92. The van der Waals surface area contributed by atoms with Crippen LogP contribution >= 0.6 is 11.6 Å².